The van der Waals surface area contributed by atoms with Crippen LogP contribution in [0.3, 0.4) is 0 Å². The van der Waals surface area contributed by atoms with Crippen LogP contribution in [0, 0.1) is 13.8 Å². The Hall–Kier alpha value is -3.12. The van der Waals surface area contributed by atoms with Crippen LogP contribution >= 0.6 is 0 Å². The molecule has 6 heteroatoms. The van der Waals surface area contributed by atoms with Crippen LogP contribution in [-0.4, -0.2) is 20.9 Å². The fourth-order valence-corrected chi connectivity index (χ4v) is 4.52. The minimum absolute atomic E-state index is 0.142. The van der Waals surface area contributed by atoms with Crippen LogP contribution in [0.1, 0.15) is 23.6 Å². The molecule has 0 aliphatic rings. The van der Waals surface area contributed by atoms with E-state index in [4.69, 9.17) is 0 Å². The molecule has 0 atom stereocenters. The quantitative estimate of drug-likeness (QED) is 0.600. The molecule has 5 nitrogen and oxygen atoms in total. The van der Waals surface area contributed by atoms with Crippen LogP contribution in [0.4, 0.5) is 11.4 Å². The maximum atomic E-state index is 13.3. The average molecular weight is 423 g/mol. The maximum absolute atomic E-state index is 13.3. The van der Waals surface area contributed by atoms with Crippen LogP contribution in [0.25, 0.3) is 0 Å². The zero-order valence-corrected chi connectivity index (χ0v) is 18.2. The smallest absolute Gasteiger partial charge is 0.264 e. The van der Waals surface area contributed by atoms with E-state index < -0.39 is 15.9 Å². The third kappa shape index (κ3) is 4.89. The van der Waals surface area contributed by atoms with Gasteiger partial charge in [0.1, 0.15) is 6.54 Å². The summed E-state index contributed by atoms with van der Waals surface area (Å²) in [6.07, 6.45) is 0.846. The number of amides is 1. The van der Waals surface area contributed by atoms with Gasteiger partial charge in [0, 0.05) is 5.69 Å². The van der Waals surface area contributed by atoms with Crippen molar-refractivity contribution in [3.8, 4) is 0 Å². The zero-order valence-electron chi connectivity index (χ0n) is 17.4. The van der Waals surface area contributed by atoms with Crippen molar-refractivity contribution in [3.05, 3.63) is 89.5 Å². The Labute approximate surface area is 178 Å². The van der Waals surface area contributed by atoms with Gasteiger partial charge in [0.15, 0.2) is 0 Å². The number of hydrogen-bond acceptors (Lipinski definition) is 3. The molecule has 0 radical (unpaired) electrons. The molecule has 1 amide bonds. The molecule has 156 valence electrons. The van der Waals surface area contributed by atoms with Crippen molar-refractivity contribution in [1.82, 2.24) is 0 Å². The van der Waals surface area contributed by atoms with Crippen molar-refractivity contribution < 1.29 is 13.2 Å². The fourth-order valence-electron chi connectivity index (χ4n) is 3.08. The van der Waals surface area contributed by atoms with Gasteiger partial charge in [0.05, 0.1) is 10.6 Å². The Kier molecular flexibility index (Phi) is 6.57. The summed E-state index contributed by atoms with van der Waals surface area (Å²) in [6, 6.07) is 21.0. The molecule has 0 bridgehead atoms. The topological polar surface area (TPSA) is 66.5 Å². The van der Waals surface area contributed by atoms with E-state index >= 15 is 0 Å². The molecule has 0 heterocycles. The van der Waals surface area contributed by atoms with Crippen molar-refractivity contribution in [1.29, 1.82) is 0 Å². The molecule has 3 rings (SSSR count). The lowest BCUT2D eigenvalue weighted by Gasteiger charge is -2.24. The highest BCUT2D eigenvalue weighted by Gasteiger charge is 2.27. The number of carbonyl (C=O) groups excluding carboxylic acids is 1. The number of rotatable bonds is 7. The highest BCUT2D eigenvalue weighted by Crippen LogP contribution is 2.24. The number of nitrogens with one attached hydrogen (secondary N) is 1. The Morgan fingerprint density at radius 1 is 0.900 bits per heavy atom. The van der Waals surface area contributed by atoms with Crippen molar-refractivity contribution in [2.45, 2.75) is 32.1 Å². The summed E-state index contributed by atoms with van der Waals surface area (Å²) < 4.78 is 27.8. The summed E-state index contributed by atoms with van der Waals surface area (Å²) >= 11 is 0. The molecule has 0 saturated carbocycles. The van der Waals surface area contributed by atoms with E-state index in [0.717, 1.165) is 27.4 Å². The highest BCUT2D eigenvalue weighted by atomic mass is 32.2. The van der Waals surface area contributed by atoms with Gasteiger partial charge in [-0.1, -0.05) is 43.3 Å². The molecule has 0 unspecified atom stereocenters. The van der Waals surface area contributed by atoms with Gasteiger partial charge >= 0.3 is 0 Å². The second kappa shape index (κ2) is 9.13. The fraction of sp³-hybridized carbons (Fsp3) is 0.208. The Morgan fingerprint density at radius 3 is 2.17 bits per heavy atom. The lowest BCUT2D eigenvalue weighted by Crippen LogP contribution is -2.38. The molecule has 1 N–H and O–H groups in total. The average Bonchev–Trinajstić information content (AvgIpc) is 2.75. The minimum Gasteiger partial charge on any atom is -0.325 e. The molecule has 0 saturated heterocycles. The summed E-state index contributed by atoms with van der Waals surface area (Å²) in [5.74, 6) is -0.405. The van der Waals surface area contributed by atoms with Crippen LogP contribution in [0.5, 0.6) is 0 Å². The lowest BCUT2D eigenvalue weighted by molar-refractivity contribution is -0.114. The first-order valence-corrected chi connectivity index (χ1v) is 11.3. The number of carbonyl (C=O) groups is 1. The maximum Gasteiger partial charge on any atom is 0.264 e. The van der Waals surface area contributed by atoms with E-state index in [0.29, 0.717) is 11.4 Å². The van der Waals surface area contributed by atoms with Crippen LogP contribution in [-0.2, 0) is 21.2 Å². The first kappa shape index (κ1) is 21.6. The molecule has 3 aromatic carbocycles. The molecule has 3 aromatic rings. The number of anilines is 2. The second-order valence-electron chi connectivity index (χ2n) is 7.19. The van der Waals surface area contributed by atoms with Gasteiger partial charge in [-0.2, -0.15) is 0 Å². The van der Waals surface area contributed by atoms with Crippen LogP contribution < -0.4 is 9.62 Å². The summed E-state index contributed by atoms with van der Waals surface area (Å²) in [5, 5.41) is 2.81. The van der Waals surface area contributed by atoms with Crippen molar-refractivity contribution in [3.63, 3.8) is 0 Å². The molecule has 0 aliphatic heterocycles. The van der Waals surface area contributed by atoms with Gasteiger partial charge < -0.3 is 5.32 Å². The van der Waals surface area contributed by atoms with Gasteiger partial charge in [-0.15, -0.1) is 0 Å². The van der Waals surface area contributed by atoms with Gasteiger partial charge in [0.25, 0.3) is 10.0 Å². The number of hydrogen-bond donors (Lipinski definition) is 1. The SMILES string of the molecule is CCc1ccc(N(CC(=O)Nc2ccc(C)c(C)c2)S(=O)(=O)c2ccccc2)cc1. The van der Waals surface area contributed by atoms with Crippen molar-refractivity contribution in [2.75, 3.05) is 16.2 Å². The third-order valence-electron chi connectivity index (χ3n) is 5.04. The summed E-state index contributed by atoms with van der Waals surface area (Å²) in [7, 11) is -3.90. The molecule has 30 heavy (non-hydrogen) atoms. The lowest BCUT2D eigenvalue weighted by atomic mass is 10.1. The Bertz CT molecular complexity index is 1120. The standard InChI is InChI=1S/C24H26N2O3S/c1-4-20-11-14-22(15-12-20)26(30(28,29)23-8-6-5-7-9-23)17-24(27)25-21-13-10-18(2)19(3)16-21/h5-16H,4,17H2,1-3H3,(H,25,27). The van der Waals surface area contributed by atoms with E-state index in [1.54, 1.807) is 30.3 Å². The van der Waals surface area contributed by atoms with E-state index in [1.165, 1.54) is 12.1 Å². The van der Waals surface area contributed by atoms with Gasteiger partial charge in [-0.25, -0.2) is 8.42 Å². The number of nitrogens with zero attached hydrogens (tertiary/aromatic N) is 1. The van der Waals surface area contributed by atoms with Crippen molar-refractivity contribution >= 4 is 27.3 Å². The highest BCUT2D eigenvalue weighted by molar-refractivity contribution is 7.92. The predicted octanol–water partition coefficient (Wildman–Crippen LogP) is 4.70. The van der Waals surface area contributed by atoms with E-state index in [9.17, 15) is 13.2 Å². The van der Waals surface area contributed by atoms with Gasteiger partial charge in [-0.3, -0.25) is 9.10 Å². The number of benzene rings is 3. The molecular weight excluding hydrogens is 396 g/mol. The molecule has 0 fully saturated rings. The summed E-state index contributed by atoms with van der Waals surface area (Å²) in [6.45, 7) is 5.67. The van der Waals surface area contributed by atoms with E-state index in [1.807, 2.05) is 51.1 Å². The first-order chi connectivity index (χ1) is 14.3. The summed E-state index contributed by atoms with van der Waals surface area (Å²) in [5.41, 5.74) is 4.36. The molecule has 0 spiro atoms. The largest absolute Gasteiger partial charge is 0.325 e. The third-order valence-corrected chi connectivity index (χ3v) is 6.83. The van der Waals surface area contributed by atoms with Gasteiger partial charge in [-0.05, 0) is 73.4 Å². The minimum atomic E-state index is -3.90. The second-order valence-corrected chi connectivity index (χ2v) is 9.05. The number of aryl methyl sites for hydroxylation is 3. The van der Waals surface area contributed by atoms with E-state index in [2.05, 4.69) is 5.32 Å². The summed E-state index contributed by atoms with van der Waals surface area (Å²) in [4.78, 5) is 12.9. The van der Waals surface area contributed by atoms with Crippen LogP contribution in [0.2, 0.25) is 0 Å². The Balaban J connectivity index is 1.92. The van der Waals surface area contributed by atoms with E-state index in [-0.39, 0.29) is 11.4 Å². The normalized spacial score (nSPS) is 11.2. The zero-order chi connectivity index (χ0) is 21.7. The molecular formula is C24H26N2O3S. The molecule has 0 aromatic heterocycles. The Morgan fingerprint density at radius 2 is 1.57 bits per heavy atom. The van der Waals surface area contributed by atoms with Crippen LogP contribution in [0.15, 0.2) is 77.7 Å². The van der Waals surface area contributed by atoms with Crippen molar-refractivity contribution in [2.24, 2.45) is 0 Å². The predicted molar refractivity (Wildman–Crippen MR) is 121 cm³/mol. The van der Waals surface area contributed by atoms with Gasteiger partial charge in [0.2, 0.25) is 5.91 Å². The molecule has 0 aliphatic carbocycles. The monoisotopic (exact) mass is 422 g/mol. The number of sulfonamides is 1. The first-order valence-electron chi connectivity index (χ1n) is 9.85.